The molecule has 0 radical (unpaired) electrons. The van der Waals surface area contributed by atoms with Gasteiger partial charge < -0.3 is 25.6 Å². The number of ether oxygens (including phenoxy) is 1. The second-order valence-electron chi connectivity index (χ2n) is 5.02. The highest BCUT2D eigenvalue weighted by atomic mass is 16.5. The van der Waals surface area contributed by atoms with Gasteiger partial charge in [-0.1, -0.05) is 0 Å². The lowest BCUT2D eigenvalue weighted by Gasteiger charge is -2.23. The van der Waals surface area contributed by atoms with Crippen molar-refractivity contribution >= 4 is 18.0 Å². The number of carbonyl (C=O) groups is 3. The number of urea groups is 1. The third-order valence-corrected chi connectivity index (χ3v) is 3.25. The van der Waals surface area contributed by atoms with Crippen LogP contribution in [0.15, 0.2) is 0 Å². The molecule has 0 aromatic carbocycles. The van der Waals surface area contributed by atoms with Gasteiger partial charge in [-0.2, -0.15) is 0 Å². The first-order valence-electron chi connectivity index (χ1n) is 7.09. The molecular formula is C13H22N2O6. The summed E-state index contributed by atoms with van der Waals surface area (Å²) in [6.45, 7) is 1.02. The Bertz CT molecular complexity index is 368. The number of nitrogens with one attached hydrogen (secondary N) is 2. The standard InChI is InChI=1S/C13H22N2O6/c16-11(17)6-3-5-10(12(18)19)15-13(20)14-8-9-4-1-2-7-21-9/h9-10H,1-8H2,(H,16,17)(H,18,19)(H2,14,15,20)/t9?,10-/m1/s1. The lowest BCUT2D eigenvalue weighted by Crippen LogP contribution is -2.48. The summed E-state index contributed by atoms with van der Waals surface area (Å²) in [5.74, 6) is -2.16. The highest BCUT2D eigenvalue weighted by molar-refractivity contribution is 5.82. The normalized spacial score (nSPS) is 19.5. The van der Waals surface area contributed by atoms with Crippen LogP contribution in [0, 0.1) is 0 Å². The van der Waals surface area contributed by atoms with Crippen LogP contribution >= 0.6 is 0 Å². The van der Waals surface area contributed by atoms with E-state index in [4.69, 9.17) is 14.9 Å². The number of aliphatic carboxylic acids is 2. The van der Waals surface area contributed by atoms with Gasteiger partial charge in [-0.15, -0.1) is 0 Å². The zero-order chi connectivity index (χ0) is 15.7. The van der Waals surface area contributed by atoms with E-state index in [1.54, 1.807) is 0 Å². The molecule has 8 heteroatoms. The number of carbonyl (C=O) groups excluding carboxylic acids is 1. The van der Waals surface area contributed by atoms with E-state index < -0.39 is 24.0 Å². The quantitative estimate of drug-likeness (QED) is 0.519. The minimum atomic E-state index is -1.18. The highest BCUT2D eigenvalue weighted by Gasteiger charge is 2.21. The molecule has 8 nitrogen and oxygen atoms in total. The number of hydrogen-bond acceptors (Lipinski definition) is 4. The van der Waals surface area contributed by atoms with Gasteiger partial charge in [0.05, 0.1) is 6.10 Å². The van der Waals surface area contributed by atoms with Crippen LogP contribution in [-0.2, 0) is 14.3 Å². The van der Waals surface area contributed by atoms with E-state index >= 15 is 0 Å². The fourth-order valence-electron chi connectivity index (χ4n) is 2.10. The van der Waals surface area contributed by atoms with Gasteiger partial charge in [-0.25, -0.2) is 9.59 Å². The largest absolute Gasteiger partial charge is 0.481 e. The van der Waals surface area contributed by atoms with Crippen molar-refractivity contribution in [1.29, 1.82) is 0 Å². The molecule has 1 unspecified atom stereocenters. The Kier molecular flexibility index (Phi) is 7.52. The molecule has 0 spiro atoms. The third kappa shape index (κ3) is 7.50. The van der Waals surface area contributed by atoms with Gasteiger partial charge in [0.1, 0.15) is 6.04 Å². The molecule has 1 saturated heterocycles. The molecule has 4 N–H and O–H groups in total. The maximum atomic E-state index is 11.6. The summed E-state index contributed by atoms with van der Waals surface area (Å²) in [4.78, 5) is 33.0. The molecule has 120 valence electrons. The molecule has 2 amide bonds. The minimum absolute atomic E-state index is 0.0280. The topological polar surface area (TPSA) is 125 Å². The molecule has 1 aliphatic heterocycles. The lowest BCUT2D eigenvalue weighted by molar-refractivity contribution is -0.140. The fourth-order valence-corrected chi connectivity index (χ4v) is 2.10. The van der Waals surface area contributed by atoms with Gasteiger partial charge in [-0.05, 0) is 32.1 Å². The zero-order valence-electron chi connectivity index (χ0n) is 11.8. The molecule has 0 saturated carbocycles. The van der Waals surface area contributed by atoms with Gasteiger partial charge in [0, 0.05) is 19.6 Å². The summed E-state index contributed by atoms with van der Waals surface area (Å²) in [6, 6.07) is -1.66. The van der Waals surface area contributed by atoms with E-state index in [1.807, 2.05) is 0 Å². The van der Waals surface area contributed by atoms with Crippen LogP contribution in [0.4, 0.5) is 4.79 Å². The van der Waals surface area contributed by atoms with Gasteiger partial charge >= 0.3 is 18.0 Å². The van der Waals surface area contributed by atoms with Gasteiger partial charge in [0.25, 0.3) is 0 Å². The van der Waals surface area contributed by atoms with Gasteiger partial charge in [-0.3, -0.25) is 4.79 Å². The number of hydrogen-bond donors (Lipinski definition) is 4. The van der Waals surface area contributed by atoms with E-state index in [9.17, 15) is 14.4 Å². The molecule has 1 rings (SSSR count). The predicted octanol–water partition coefficient (Wildman–Crippen LogP) is 0.563. The Morgan fingerprint density at radius 2 is 2.00 bits per heavy atom. The van der Waals surface area contributed by atoms with E-state index in [2.05, 4.69) is 10.6 Å². The van der Waals surface area contributed by atoms with Crippen molar-refractivity contribution in [1.82, 2.24) is 10.6 Å². The molecule has 21 heavy (non-hydrogen) atoms. The maximum Gasteiger partial charge on any atom is 0.326 e. The molecule has 0 aromatic rings. The minimum Gasteiger partial charge on any atom is -0.481 e. The Hall–Kier alpha value is -1.83. The molecule has 0 aromatic heterocycles. The van der Waals surface area contributed by atoms with Crippen LogP contribution < -0.4 is 10.6 Å². The number of amides is 2. The summed E-state index contributed by atoms with van der Waals surface area (Å²) < 4.78 is 5.45. The smallest absolute Gasteiger partial charge is 0.326 e. The van der Waals surface area contributed by atoms with E-state index in [0.717, 1.165) is 19.3 Å². The third-order valence-electron chi connectivity index (χ3n) is 3.25. The van der Waals surface area contributed by atoms with Crippen LogP contribution in [0.5, 0.6) is 0 Å². The number of carboxylic acid groups (broad SMARTS) is 2. The first kappa shape index (κ1) is 17.2. The van der Waals surface area contributed by atoms with E-state index in [-0.39, 0.29) is 25.4 Å². The summed E-state index contributed by atoms with van der Waals surface area (Å²) in [5.41, 5.74) is 0. The Balaban J connectivity index is 2.27. The molecule has 0 bridgehead atoms. The van der Waals surface area contributed by atoms with Crippen LogP contribution in [0.1, 0.15) is 38.5 Å². The Morgan fingerprint density at radius 3 is 2.57 bits per heavy atom. The van der Waals surface area contributed by atoms with Crippen LogP contribution in [0.2, 0.25) is 0 Å². The summed E-state index contributed by atoms with van der Waals surface area (Å²) >= 11 is 0. The highest BCUT2D eigenvalue weighted by Crippen LogP contribution is 2.11. The maximum absolute atomic E-state index is 11.6. The lowest BCUT2D eigenvalue weighted by atomic mass is 10.1. The Morgan fingerprint density at radius 1 is 1.24 bits per heavy atom. The molecule has 2 atom stereocenters. The SMILES string of the molecule is O=C(O)CCC[C@@H](NC(=O)NCC1CCCCO1)C(=O)O. The second-order valence-corrected chi connectivity index (χ2v) is 5.02. The van der Waals surface area contributed by atoms with Crippen molar-refractivity contribution in [3.8, 4) is 0 Å². The molecule has 1 aliphatic rings. The average molecular weight is 302 g/mol. The molecule has 0 aliphatic carbocycles. The first-order chi connectivity index (χ1) is 9.99. The molecule has 1 heterocycles. The van der Waals surface area contributed by atoms with Crippen molar-refractivity contribution in [3.63, 3.8) is 0 Å². The van der Waals surface area contributed by atoms with Gasteiger partial charge in [0.2, 0.25) is 0 Å². The molecular weight excluding hydrogens is 280 g/mol. The molecule has 1 fully saturated rings. The monoisotopic (exact) mass is 302 g/mol. The summed E-state index contributed by atoms with van der Waals surface area (Å²) in [7, 11) is 0. The predicted molar refractivity (Wildman–Crippen MR) is 73.0 cm³/mol. The number of rotatable bonds is 8. The van der Waals surface area contributed by atoms with E-state index in [1.165, 1.54) is 0 Å². The van der Waals surface area contributed by atoms with Crippen molar-refractivity contribution < 1.29 is 29.3 Å². The van der Waals surface area contributed by atoms with E-state index in [0.29, 0.717) is 13.2 Å². The second kappa shape index (κ2) is 9.17. The van der Waals surface area contributed by atoms with Crippen LogP contribution in [0.25, 0.3) is 0 Å². The Labute approximate surface area is 122 Å². The number of carboxylic acids is 2. The van der Waals surface area contributed by atoms with Crippen LogP contribution in [-0.4, -0.2) is 53.5 Å². The average Bonchev–Trinajstić information content (AvgIpc) is 2.44. The van der Waals surface area contributed by atoms with Crippen LogP contribution in [0.3, 0.4) is 0 Å². The van der Waals surface area contributed by atoms with Crippen molar-refractivity contribution in [2.45, 2.75) is 50.7 Å². The summed E-state index contributed by atoms with van der Waals surface area (Å²) in [5, 5.41) is 22.4. The zero-order valence-corrected chi connectivity index (χ0v) is 11.8. The van der Waals surface area contributed by atoms with Crippen molar-refractivity contribution in [2.75, 3.05) is 13.2 Å². The van der Waals surface area contributed by atoms with Crippen molar-refractivity contribution in [3.05, 3.63) is 0 Å². The fraction of sp³-hybridized carbons (Fsp3) is 0.769. The summed E-state index contributed by atoms with van der Waals surface area (Å²) in [6.07, 6.45) is 3.08. The van der Waals surface area contributed by atoms with Gasteiger partial charge in [0.15, 0.2) is 0 Å². The van der Waals surface area contributed by atoms with Crippen molar-refractivity contribution in [2.24, 2.45) is 0 Å². The first-order valence-corrected chi connectivity index (χ1v) is 7.09.